The van der Waals surface area contributed by atoms with Gasteiger partial charge in [0.05, 0.1) is 6.42 Å². The molecule has 0 saturated carbocycles. The van der Waals surface area contributed by atoms with Gasteiger partial charge in [0.1, 0.15) is 6.04 Å². The van der Waals surface area contributed by atoms with Gasteiger partial charge in [0.25, 0.3) is 0 Å². The zero-order valence-corrected chi connectivity index (χ0v) is 15.8. The molecule has 1 atom stereocenters. The van der Waals surface area contributed by atoms with E-state index in [1.54, 1.807) is 0 Å². The summed E-state index contributed by atoms with van der Waals surface area (Å²) in [4.78, 5) is 24.4. The lowest BCUT2D eigenvalue weighted by Gasteiger charge is -2.18. The van der Waals surface area contributed by atoms with Crippen LogP contribution >= 0.6 is 0 Å². The number of carbonyl (C=O) groups excluding carboxylic acids is 1. The van der Waals surface area contributed by atoms with Crippen molar-refractivity contribution >= 4 is 33.4 Å². The molecule has 0 aliphatic rings. The molecule has 0 aliphatic carbocycles. The van der Waals surface area contributed by atoms with Gasteiger partial charge in [0.2, 0.25) is 5.91 Å². The van der Waals surface area contributed by atoms with Crippen LogP contribution in [-0.2, 0) is 22.4 Å². The van der Waals surface area contributed by atoms with Crippen LogP contribution in [0.1, 0.15) is 11.1 Å². The predicted octanol–water partition coefficient (Wildman–Crippen LogP) is 4.35. The van der Waals surface area contributed by atoms with Gasteiger partial charge in [-0.15, -0.1) is 0 Å². The third-order valence-corrected chi connectivity index (χ3v) is 5.13. The van der Waals surface area contributed by atoms with Crippen molar-refractivity contribution in [1.29, 1.82) is 0 Å². The first-order valence-corrected chi connectivity index (χ1v) is 9.57. The fourth-order valence-corrected chi connectivity index (χ4v) is 3.76. The van der Waals surface area contributed by atoms with E-state index in [0.717, 1.165) is 32.7 Å². The van der Waals surface area contributed by atoms with Crippen LogP contribution in [0.2, 0.25) is 0 Å². The summed E-state index contributed by atoms with van der Waals surface area (Å²) in [5, 5.41) is 16.6. The van der Waals surface area contributed by atoms with Gasteiger partial charge in [-0.1, -0.05) is 78.9 Å². The van der Waals surface area contributed by atoms with Crippen molar-refractivity contribution in [1.82, 2.24) is 5.32 Å². The summed E-state index contributed by atoms with van der Waals surface area (Å²) in [5.74, 6) is -1.34. The first kappa shape index (κ1) is 18.7. The van der Waals surface area contributed by atoms with Crippen molar-refractivity contribution in [3.8, 4) is 0 Å². The van der Waals surface area contributed by atoms with Gasteiger partial charge >= 0.3 is 5.97 Å². The molecule has 4 nitrogen and oxygen atoms in total. The van der Waals surface area contributed by atoms with Gasteiger partial charge in [-0.25, -0.2) is 4.79 Å². The van der Waals surface area contributed by atoms with E-state index in [0.29, 0.717) is 0 Å². The Balaban J connectivity index is 1.67. The van der Waals surface area contributed by atoms with Crippen LogP contribution in [0.4, 0.5) is 0 Å². The van der Waals surface area contributed by atoms with E-state index in [1.807, 2.05) is 78.9 Å². The van der Waals surface area contributed by atoms with Crippen molar-refractivity contribution in [2.45, 2.75) is 18.9 Å². The summed E-state index contributed by atoms with van der Waals surface area (Å²) in [6.07, 6.45) is 0.374. The lowest BCUT2D eigenvalue weighted by atomic mass is 9.92. The summed E-state index contributed by atoms with van der Waals surface area (Å²) >= 11 is 0. The molecule has 29 heavy (non-hydrogen) atoms. The van der Waals surface area contributed by atoms with Crippen molar-refractivity contribution in [3.63, 3.8) is 0 Å². The summed E-state index contributed by atoms with van der Waals surface area (Å²) in [6, 6.07) is 26.3. The number of benzene rings is 4. The Labute approximate surface area is 168 Å². The number of carboxylic acids is 1. The lowest BCUT2D eigenvalue weighted by molar-refractivity contribution is -0.141. The maximum atomic E-state index is 12.5. The second kappa shape index (κ2) is 8.15. The highest BCUT2D eigenvalue weighted by molar-refractivity contribution is 6.02. The van der Waals surface area contributed by atoms with Crippen LogP contribution in [0, 0.1) is 0 Å². The van der Waals surface area contributed by atoms with Gasteiger partial charge in [0.15, 0.2) is 0 Å². The molecule has 0 radical (unpaired) electrons. The minimum Gasteiger partial charge on any atom is -0.480 e. The monoisotopic (exact) mass is 383 g/mol. The number of rotatable bonds is 6. The molecule has 0 unspecified atom stereocenters. The van der Waals surface area contributed by atoms with E-state index >= 15 is 0 Å². The number of nitrogens with one attached hydrogen (secondary N) is 1. The van der Waals surface area contributed by atoms with Gasteiger partial charge in [0, 0.05) is 6.42 Å². The van der Waals surface area contributed by atoms with Gasteiger partial charge in [-0.2, -0.15) is 0 Å². The van der Waals surface area contributed by atoms with Crippen molar-refractivity contribution in [2.75, 3.05) is 0 Å². The number of amides is 1. The number of aliphatic carboxylic acids is 1. The van der Waals surface area contributed by atoms with Gasteiger partial charge in [-0.05, 0) is 38.7 Å². The fraction of sp³-hybridized carbons (Fsp3) is 0.120. The van der Waals surface area contributed by atoms with Crippen molar-refractivity contribution in [2.24, 2.45) is 0 Å². The summed E-state index contributed by atoms with van der Waals surface area (Å²) in [7, 11) is 0. The van der Waals surface area contributed by atoms with E-state index in [-0.39, 0.29) is 18.7 Å². The molecule has 4 aromatic rings. The van der Waals surface area contributed by atoms with Gasteiger partial charge < -0.3 is 10.4 Å². The molecule has 2 N–H and O–H groups in total. The molecule has 1 amide bonds. The Bertz CT molecular complexity index is 1130. The summed E-state index contributed by atoms with van der Waals surface area (Å²) < 4.78 is 0. The largest absolute Gasteiger partial charge is 0.480 e. The quantitative estimate of drug-likeness (QED) is 0.487. The second-order valence-electron chi connectivity index (χ2n) is 7.12. The van der Waals surface area contributed by atoms with Gasteiger partial charge in [-0.3, -0.25) is 4.79 Å². The SMILES string of the molecule is O=C(Cc1ccccc1)N[C@@H](Cc1c2ccccc2cc2ccccc12)C(=O)O. The zero-order valence-electron chi connectivity index (χ0n) is 15.8. The predicted molar refractivity (Wildman–Crippen MR) is 115 cm³/mol. The highest BCUT2D eigenvalue weighted by atomic mass is 16.4. The Hall–Kier alpha value is -3.66. The zero-order chi connectivity index (χ0) is 20.2. The number of carboxylic acid groups (broad SMARTS) is 1. The molecule has 4 heteroatoms. The van der Waals surface area contributed by atoms with Crippen LogP contribution in [0.5, 0.6) is 0 Å². The van der Waals surface area contributed by atoms with Crippen LogP contribution in [0.15, 0.2) is 84.9 Å². The van der Waals surface area contributed by atoms with E-state index in [2.05, 4.69) is 11.4 Å². The van der Waals surface area contributed by atoms with Crippen LogP contribution in [-0.4, -0.2) is 23.0 Å². The fourth-order valence-electron chi connectivity index (χ4n) is 3.76. The van der Waals surface area contributed by atoms with Crippen LogP contribution in [0.3, 0.4) is 0 Å². The van der Waals surface area contributed by atoms with E-state index in [4.69, 9.17) is 0 Å². The molecule has 4 aromatic carbocycles. The van der Waals surface area contributed by atoms with Crippen molar-refractivity contribution < 1.29 is 14.7 Å². The van der Waals surface area contributed by atoms with E-state index in [9.17, 15) is 14.7 Å². The first-order valence-electron chi connectivity index (χ1n) is 9.57. The molecule has 0 spiro atoms. The average molecular weight is 383 g/mol. The molecule has 0 aliphatic heterocycles. The highest BCUT2D eigenvalue weighted by Gasteiger charge is 2.22. The number of hydrogen-bond donors (Lipinski definition) is 2. The minimum atomic E-state index is -1.04. The minimum absolute atomic E-state index is 0.154. The average Bonchev–Trinajstić information content (AvgIpc) is 2.73. The van der Waals surface area contributed by atoms with E-state index < -0.39 is 12.0 Å². The highest BCUT2D eigenvalue weighted by Crippen LogP contribution is 2.29. The summed E-state index contributed by atoms with van der Waals surface area (Å²) in [5.41, 5.74) is 1.79. The molecule has 0 fully saturated rings. The van der Waals surface area contributed by atoms with Crippen molar-refractivity contribution in [3.05, 3.63) is 96.1 Å². The third kappa shape index (κ3) is 4.11. The molecule has 0 heterocycles. The molecule has 0 aromatic heterocycles. The number of hydrogen-bond acceptors (Lipinski definition) is 2. The molecule has 0 bridgehead atoms. The Morgan fingerprint density at radius 2 is 1.34 bits per heavy atom. The standard InChI is InChI=1S/C25H21NO3/c27-24(14-17-8-2-1-3-9-17)26-23(25(28)29)16-22-20-12-6-4-10-18(20)15-19-11-5-7-13-21(19)22/h1-13,15,23H,14,16H2,(H,26,27)(H,28,29)/t23-/m0/s1. The number of fused-ring (bicyclic) bond motifs is 2. The smallest absolute Gasteiger partial charge is 0.326 e. The Kier molecular flexibility index (Phi) is 5.25. The maximum absolute atomic E-state index is 12.5. The van der Waals surface area contributed by atoms with E-state index in [1.165, 1.54) is 0 Å². The normalized spacial score (nSPS) is 12.0. The molecular weight excluding hydrogens is 362 g/mol. The first-order chi connectivity index (χ1) is 14.1. The third-order valence-electron chi connectivity index (χ3n) is 5.13. The van der Waals surface area contributed by atoms with Crippen LogP contribution < -0.4 is 5.32 Å². The number of carbonyl (C=O) groups is 2. The molecular formula is C25H21NO3. The lowest BCUT2D eigenvalue weighted by Crippen LogP contribution is -2.43. The molecule has 144 valence electrons. The molecule has 4 rings (SSSR count). The summed E-state index contributed by atoms with van der Waals surface area (Å²) in [6.45, 7) is 0. The molecule has 0 saturated heterocycles. The Morgan fingerprint density at radius 3 is 1.93 bits per heavy atom. The topological polar surface area (TPSA) is 66.4 Å². The second-order valence-corrected chi connectivity index (χ2v) is 7.12. The van der Waals surface area contributed by atoms with Crippen LogP contribution in [0.25, 0.3) is 21.5 Å². The Morgan fingerprint density at radius 1 is 0.793 bits per heavy atom. The maximum Gasteiger partial charge on any atom is 0.326 e.